The number of carbonyl (C=O) groups is 2. The van der Waals surface area contributed by atoms with E-state index in [0.29, 0.717) is 5.56 Å². The summed E-state index contributed by atoms with van der Waals surface area (Å²) in [7, 11) is 1.21. The fourth-order valence-electron chi connectivity index (χ4n) is 1.21. The molecule has 0 aromatic heterocycles. The number of esters is 1. The van der Waals surface area contributed by atoms with Gasteiger partial charge in [0.2, 0.25) is 5.91 Å². The Labute approximate surface area is 112 Å². The van der Waals surface area contributed by atoms with Crippen molar-refractivity contribution < 1.29 is 18.7 Å². The molecule has 4 nitrogen and oxygen atoms in total. The highest BCUT2D eigenvalue weighted by Crippen LogP contribution is 2.18. The lowest BCUT2D eigenvalue weighted by Gasteiger charge is -2.06. The predicted octanol–water partition coefficient (Wildman–Crippen LogP) is 2.24. The monoisotopic (exact) mass is 315 g/mol. The normalized spacial score (nSPS) is 11.0. The number of ether oxygens (including phenoxy) is 1. The molecule has 0 fully saturated rings. The molecule has 0 aliphatic heterocycles. The fraction of sp³-hybridized carbons (Fsp3) is 0.167. The first-order valence-corrected chi connectivity index (χ1v) is 5.76. The van der Waals surface area contributed by atoms with Crippen LogP contribution >= 0.6 is 15.9 Å². The van der Waals surface area contributed by atoms with Gasteiger partial charge in [-0.15, -0.1) is 0 Å². The molecular formula is C12H11BrFNO3. The van der Waals surface area contributed by atoms with Crippen molar-refractivity contribution in [2.75, 3.05) is 7.11 Å². The van der Waals surface area contributed by atoms with Crippen LogP contribution in [0.15, 0.2) is 28.4 Å². The molecule has 0 aliphatic carbocycles. The summed E-state index contributed by atoms with van der Waals surface area (Å²) in [6.45, 7) is 1.28. The lowest BCUT2D eigenvalue weighted by molar-refractivity contribution is -0.137. The van der Waals surface area contributed by atoms with Crippen LogP contribution in [0.2, 0.25) is 0 Å². The summed E-state index contributed by atoms with van der Waals surface area (Å²) >= 11 is 3.03. The van der Waals surface area contributed by atoms with Crippen molar-refractivity contribution >= 4 is 33.9 Å². The van der Waals surface area contributed by atoms with Gasteiger partial charge in [0.1, 0.15) is 11.5 Å². The van der Waals surface area contributed by atoms with Gasteiger partial charge in [-0.3, -0.25) is 4.79 Å². The molecule has 0 atom stereocenters. The van der Waals surface area contributed by atoms with Crippen molar-refractivity contribution in [3.8, 4) is 0 Å². The average Bonchev–Trinajstić information content (AvgIpc) is 2.31. The summed E-state index contributed by atoms with van der Waals surface area (Å²) in [5.41, 5.74) is 0.543. The topological polar surface area (TPSA) is 55.4 Å². The van der Waals surface area contributed by atoms with E-state index in [1.807, 2.05) is 0 Å². The number of hydrogen-bond donors (Lipinski definition) is 1. The zero-order valence-corrected chi connectivity index (χ0v) is 11.4. The van der Waals surface area contributed by atoms with Crippen molar-refractivity contribution in [1.82, 2.24) is 5.32 Å². The first kappa shape index (κ1) is 14.4. The van der Waals surface area contributed by atoms with Gasteiger partial charge < -0.3 is 10.1 Å². The van der Waals surface area contributed by atoms with E-state index >= 15 is 0 Å². The molecule has 1 amide bonds. The van der Waals surface area contributed by atoms with Crippen LogP contribution in [0, 0.1) is 5.82 Å². The van der Waals surface area contributed by atoms with Crippen molar-refractivity contribution in [3.63, 3.8) is 0 Å². The second-order valence-electron chi connectivity index (χ2n) is 3.40. The van der Waals surface area contributed by atoms with E-state index < -0.39 is 17.7 Å². The zero-order chi connectivity index (χ0) is 13.7. The van der Waals surface area contributed by atoms with Crippen LogP contribution in [0.4, 0.5) is 4.39 Å². The average molecular weight is 316 g/mol. The molecule has 0 radical (unpaired) electrons. The molecule has 1 aromatic carbocycles. The van der Waals surface area contributed by atoms with Gasteiger partial charge in [0, 0.05) is 6.92 Å². The minimum Gasteiger partial charge on any atom is -0.464 e. The maximum atomic E-state index is 13.0. The lowest BCUT2D eigenvalue weighted by atomic mass is 10.2. The van der Waals surface area contributed by atoms with Crippen molar-refractivity contribution in [1.29, 1.82) is 0 Å². The second-order valence-corrected chi connectivity index (χ2v) is 4.26. The summed E-state index contributed by atoms with van der Waals surface area (Å²) in [4.78, 5) is 22.4. The number of nitrogens with one attached hydrogen (secondary N) is 1. The quantitative estimate of drug-likeness (QED) is 0.687. The van der Waals surface area contributed by atoms with Crippen LogP contribution in [-0.4, -0.2) is 19.0 Å². The molecule has 18 heavy (non-hydrogen) atoms. The molecule has 0 saturated heterocycles. The molecule has 0 aliphatic rings. The summed E-state index contributed by atoms with van der Waals surface area (Å²) in [5, 5.41) is 2.35. The number of methoxy groups -OCH3 is 1. The Kier molecular flexibility index (Phi) is 5.03. The molecule has 1 aromatic rings. The molecule has 6 heteroatoms. The molecule has 0 heterocycles. The van der Waals surface area contributed by atoms with Gasteiger partial charge in [-0.2, -0.15) is 0 Å². The van der Waals surface area contributed by atoms with Gasteiger partial charge in [-0.25, -0.2) is 9.18 Å². The summed E-state index contributed by atoms with van der Waals surface area (Å²) < 4.78 is 17.8. The van der Waals surface area contributed by atoms with Gasteiger partial charge in [0.15, 0.2) is 0 Å². The Morgan fingerprint density at radius 2 is 2.11 bits per heavy atom. The van der Waals surface area contributed by atoms with Crippen LogP contribution in [0.3, 0.4) is 0 Å². The third-order valence-electron chi connectivity index (χ3n) is 1.97. The van der Waals surface area contributed by atoms with E-state index in [0.717, 1.165) is 0 Å². The Morgan fingerprint density at radius 1 is 1.44 bits per heavy atom. The first-order chi connectivity index (χ1) is 8.43. The Bertz CT molecular complexity index is 514. The highest BCUT2D eigenvalue weighted by molar-refractivity contribution is 9.10. The molecular weight excluding hydrogens is 305 g/mol. The molecule has 96 valence electrons. The second kappa shape index (κ2) is 6.30. The Balaban J connectivity index is 3.10. The standard InChI is InChI=1S/C12H11BrFNO3/c1-7(16)15-11(12(17)18-2)6-8-3-4-10(14)9(13)5-8/h3-6H,1-2H3,(H,15,16). The predicted molar refractivity (Wildman–Crippen MR) is 67.9 cm³/mol. The Hall–Kier alpha value is -1.69. The van der Waals surface area contributed by atoms with Crippen LogP contribution in [0.5, 0.6) is 0 Å². The van der Waals surface area contributed by atoms with Gasteiger partial charge in [0.25, 0.3) is 0 Å². The van der Waals surface area contributed by atoms with Gasteiger partial charge >= 0.3 is 5.97 Å². The lowest BCUT2D eigenvalue weighted by Crippen LogP contribution is -2.25. The summed E-state index contributed by atoms with van der Waals surface area (Å²) in [6.07, 6.45) is 1.40. The SMILES string of the molecule is COC(=O)C(=Cc1ccc(F)c(Br)c1)NC(C)=O. The maximum absolute atomic E-state index is 13.0. The van der Waals surface area contributed by atoms with Crippen LogP contribution in [0.25, 0.3) is 6.08 Å². The largest absolute Gasteiger partial charge is 0.464 e. The van der Waals surface area contributed by atoms with E-state index in [9.17, 15) is 14.0 Å². The van der Waals surface area contributed by atoms with E-state index in [1.165, 1.54) is 38.3 Å². The van der Waals surface area contributed by atoms with Gasteiger partial charge in [0.05, 0.1) is 11.6 Å². The first-order valence-electron chi connectivity index (χ1n) is 4.96. The highest BCUT2D eigenvalue weighted by atomic mass is 79.9. The van der Waals surface area contributed by atoms with E-state index in [4.69, 9.17) is 0 Å². The fourth-order valence-corrected chi connectivity index (χ4v) is 1.61. The molecule has 1 N–H and O–H groups in total. The summed E-state index contributed by atoms with van der Waals surface area (Å²) in [6, 6.07) is 4.21. The van der Waals surface area contributed by atoms with E-state index in [-0.39, 0.29) is 10.2 Å². The summed E-state index contributed by atoms with van der Waals surface area (Å²) in [5.74, 6) is -1.48. The third-order valence-corrected chi connectivity index (χ3v) is 2.58. The van der Waals surface area contributed by atoms with Gasteiger partial charge in [-0.05, 0) is 39.7 Å². The van der Waals surface area contributed by atoms with Gasteiger partial charge in [-0.1, -0.05) is 6.07 Å². The molecule has 0 saturated carbocycles. The smallest absolute Gasteiger partial charge is 0.354 e. The molecule has 0 bridgehead atoms. The minimum atomic E-state index is -0.675. The number of rotatable bonds is 3. The van der Waals surface area contributed by atoms with Crippen molar-refractivity contribution in [2.24, 2.45) is 0 Å². The molecule has 0 unspecified atom stereocenters. The number of hydrogen-bond acceptors (Lipinski definition) is 3. The van der Waals surface area contributed by atoms with Crippen LogP contribution in [-0.2, 0) is 14.3 Å². The zero-order valence-electron chi connectivity index (χ0n) is 9.79. The Morgan fingerprint density at radius 3 is 2.61 bits per heavy atom. The van der Waals surface area contributed by atoms with Crippen LogP contribution in [0.1, 0.15) is 12.5 Å². The number of halogens is 2. The van der Waals surface area contributed by atoms with Crippen molar-refractivity contribution in [2.45, 2.75) is 6.92 Å². The van der Waals surface area contributed by atoms with Crippen molar-refractivity contribution in [3.05, 3.63) is 39.7 Å². The molecule has 1 rings (SSSR count). The van der Waals surface area contributed by atoms with E-state index in [2.05, 4.69) is 26.0 Å². The number of amides is 1. The van der Waals surface area contributed by atoms with Crippen LogP contribution < -0.4 is 5.32 Å². The maximum Gasteiger partial charge on any atom is 0.354 e. The third kappa shape index (κ3) is 3.96. The highest BCUT2D eigenvalue weighted by Gasteiger charge is 2.11. The minimum absolute atomic E-state index is 0.0106. The molecule has 0 spiro atoms. The van der Waals surface area contributed by atoms with E-state index in [1.54, 1.807) is 0 Å². The number of carbonyl (C=O) groups excluding carboxylic acids is 2. The number of benzene rings is 1.